The molecule has 1 aliphatic heterocycles. The Labute approximate surface area is 106 Å². The van der Waals surface area contributed by atoms with Crippen LogP contribution in [0.3, 0.4) is 0 Å². The summed E-state index contributed by atoms with van der Waals surface area (Å²) in [5.41, 5.74) is 0.761. The van der Waals surface area contributed by atoms with Crippen LogP contribution in [0.1, 0.15) is 17.3 Å². The first-order valence-corrected chi connectivity index (χ1v) is 6.98. The fourth-order valence-electron chi connectivity index (χ4n) is 1.92. The van der Waals surface area contributed by atoms with Gasteiger partial charge in [0, 0.05) is 23.5 Å². The minimum atomic E-state index is 0.104. The first kappa shape index (κ1) is 12.5. The predicted octanol–water partition coefficient (Wildman–Crippen LogP) is 2.27. The number of hydrogen-bond donors (Lipinski definition) is 0. The molecule has 1 heterocycles. The molecule has 2 rings (SSSR count). The number of hydrogen-bond acceptors (Lipinski definition) is 3. The van der Waals surface area contributed by atoms with Gasteiger partial charge in [-0.1, -0.05) is 0 Å². The normalized spacial score (nSPS) is 20.4. The Bertz CT molecular complexity index is 391. The van der Waals surface area contributed by atoms with E-state index in [0.717, 1.165) is 5.56 Å². The lowest BCUT2D eigenvalue weighted by Crippen LogP contribution is -2.44. The van der Waals surface area contributed by atoms with E-state index in [0.29, 0.717) is 19.7 Å². The maximum absolute atomic E-state index is 12.2. The fraction of sp³-hybridized carbons (Fsp3) is 0.462. The first-order chi connectivity index (χ1) is 8.20. The Morgan fingerprint density at radius 2 is 2.12 bits per heavy atom. The van der Waals surface area contributed by atoms with Gasteiger partial charge >= 0.3 is 0 Å². The predicted molar refractivity (Wildman–Crippen MR) is 69.5 cm³/mol. The Morgan fingerprint density at radius 3 is 2.71 bits per heavy atom. The van der Waals surface area contributed by atoms with Crippen molar-refractivity contribution in [3.05, 3.63) is 29.8 Å². The number of amides is 1. The molecule has 0 N–H and O–H groups in total. The van der Waals surface area contributed by atoms with Gasteiger partial charge in [0.15, 0.2) is 0 Å². The Kier molecular flexibility index (Phi) is 4.07. The van der Waals surface area contributed by atoms with Crippen molar-refractivity contribution < 1.29 is 9.53 Å². The van der Waals surface area contributed by atoms with Crippen molar-refractivity contribution in [3.8, 4) is 0 Å². The van der Waals surface area contributed by atoms with Crippen LogP contribution >= 0.6 is 11.8 Å². The highest BCUT2D eigenvalue weighted by Crippen LogP contribution is 2.16. The molecule has 1 fully saturated rings. The first-order valence-electron chi connectivity index (χ1n) is 5.75. The quantitative estimate of drug-likeness (QED) is 0.755. The topological polar surface area (TPSA) is 29.5 Å². The molecule has 0 aliphatic carbocycles. The number of rotatable bonds is 2. The largest absolute Gasteiger partial charge is 0.375 e. The van der Waals surface area contributed by atoms with Gasteiger partial charge in [0.05, 0.1) is 12.7 Å². The summed E-state index contributed by atoms with van der Waals surface area (Å²) in [7, 11) is 0. The number of carbonyl (C=O) groups excluding carboxylic acids is 1. The second-order valence-electron chi connectivity index (χ2n) is 4.16. The highest BCUT2D eigenvalue weighted by Gasteiger charge is 2.22. The zero-order valence-corrected chi connectivity index (χ0v) is 11.0. The van der Waals surface area contributed by atoms with E-state index in [1.54, 1.807) is 11.8 Å². The van der Waals surface area contributed by atoms with Crippen LogP contribution in [0.25, 0.3) is 0 Å². The van der Waals surface area contributed by atoms with Crippen molar-refractivity contribution in [1.29, 1.82) is 0 Å². The van der Waals surface area contributed by atoms with Crippen LogP contribution in [0.4, 0.5) is 0 Å². The van der Waals surface area contributed by atoms with Gasteiger partial charge in [-0.15, -0.1) is 11.8 Å². The van der Waals surface area contributed by atoms with Crippen LogP contribution in [-0.4, -0.2) is 42.9 Å². The number of thioether (sulfide) groups is 1. The van der Waals surface area contributed by atoms with E-state index >= 15 is 0 Å². The second kappa shape index (κ2) is 5.56. The van der Waals surface area contributed by atoms with Crippen molar-refractivity contribution in [2.75, 3.05) is 26.0 Å². The molecule has 0 aromatic heterocycles. The molecule has 1 atom stereocenters. The molecule has 17 heavy (non-hydrogen) atoms. The highest BCUT2D eigenvalue weighted by molar-refractivity contribution is 7.98. The summed E-state index contributed by atoms with van der Waals surface area (Å²) >= 11 is 1.68. The average molecular weight is 251 g/mol. The molecule has 1 saturated heterocycles. The molecule has 1 unspecified atom stereocenters. The minimum absolute atomic E-state index is 0.104. The molecule has 0 saturated carbocycles. The third-order valence-corrected chi connectivity index (χ3v) is 3.61. The molecule has 0 spiro atoms. The standard InChI is InChI=1S/C13H17NO2S/c1-10-9-14(7-8-16-10)13(15)11-3-5-12(17-2)6-4-11/h3-6,10H,7-9H2,1-2H3. The molecule has 1 aromatic carbocycles. The zero-order chi connectivity index (χ0) is 12.3. The molecule has 3 nitrogen and oxygen atoms in total. The molecule has 1 aromatic rings. The van der Waals surface area contributed by atoms with Gasteiger partial charge in [-0.05, 0) is 37.4 Å². The Hall–Kier alpha value is -1.00. The van der Waals surface area contributed by atoms with Gasteiger partial charge in [-0.25, -0.2) is 0 Å². The lowest BCUT2D eigenvalue weighted by Gasteiger charge is -2.31. The summed E-state index contributed by atoms with van der Waals surface area (Å²) in [4.78, 5) is 15.2. The zero-order valence-electron chi connectivity index (χ0n) is 10.2. The molecule has 0 radical (unpaired) electrons. The van der Waals surface area contributed by atoms with Gasteiger partial charge in [-0.3, -0.25) is 4.79 Å². The van der Waals surface area contributed by atoms with Crippen LogP contribution in [0.15, 0.2) is 29.2 Å². The van der Waals surface area contributed by atoms with Gasteiger partial charge in [0.2, 0.25) is 0 Å². The summed E-state index contributed by atoms with van der Waals surface area (Å²) in [6.07, 6.45) is 2.17. The maximum atomic E-state index is 12.2. The van der Waals surface area contributed by atoms with E-state index in [4.69, 9.17) is 4.74 Å². The van der Waals surface area contributed by atoms with E-state index in [-0.39, 0.29) is 12.0 Å². The van der Waals surface area contributed by atoms with Crippen molar-refractivity contribution in [2.45, 2.75) is 17.9 Å². The third-order valence-electron chi connectivity index (χ3n) is 2.87. The third kappa shape index (κ3) is 3.01. The number of carbonyl (C=O) groups is 1. The van der Waals surface area contributed by atoms with Crippen molar-refractivity contribution in [1.82, 2.24) is 4.90 Å². The lowest BCUT2D eigenvalue weighted by atomic mass is 10.2. The van der Waals surface area contributed by atoms with Gasteiger partial charge < -0.3 is 9.64 Å². The van der Waals surface area contributed by atoms with E-state index in [1.165, 1.54) is 4.90 Å². The van der Waals surface area contributed by atoms with E-state index in [9.17, 15) is 4.79 Å². The monoisotopic (exact) mass is 251 g/mol. The summed E-state index contributed by atoms with van der Waals surface area (Å²) in [5.74, 6) is 0.104. The molecular formula is C13H17NO2S. The molecule has 4 heteroatoms. The van der Waals surface area contributed by atoms with Crippen molar-refractivity contribution in [3.63, 3.8) is 0 Å². The van der Waals surface area contributed by atoms with E-state index in [2.05, 4.69) is 0 Å². The number of benzene rings is 1. The average Bonchev–Trinajstić information content (AvgIpc) is 2.38. The fourth-order valence-corrected chi connectivity index (χ4v) is 2.33. The van der Waals surface area contributed by atoms with Crippen LogP contribution in [0.5, 0.6) is 0 Å². The number of nitrogens with zero attached hydrogens (tertiary/aromatic N) is 1. The van der Waals surface area contributed by atoms with E-state index < -0.39 is 0 Å². The van der Waals surface area contributed by atoms with Gasteiger partial charge in [0.25, 0.3) is 5.91 Å². The molecule has 1 amide bonds. The van der Waals surface area contributed by atoms with Crippen LogP contribution < -0.4 is 0 Å². The number of morpholine rings is 1. The smallest absolute Gasteiger partial charge is 0.254 e. The molecule has 92 valence electrons. The molecular weight excluding hydrogens is 234 g/mol. The molecule has 1 aliphatic rings. The van der Waals surface area contributed by atoms with Crippen LogP contribution in [0.2, 0.25) is 0 Å². The summed E-state index contributed by atoms with van der Waals surface area (Å²) in [6.45, 7) is 4.00. The van der Waals surface area contributed by atoms with Crippen LogP contribution in [0, 0.1) is 0 Å². The SMILES string of the molecule is CSc1ccc(C(=O)N2CCOC(C)C2)cc1. The maximum Gasteiger partial charge on any atom is 0.254 e. The Balaban J connectivity index is 2.07. The second-order valence-corrected chi connectivity index (χ2v) is 5.04. The lowest BCUT2D eigenvalue weighted by molar-refractivity contribution is -0.0124. The minimum Gasteiger partial charge on any atom is -0.375 e. The Morgan fingerprint density at radius 1 is 1.41 bits per heavy atom. The summed E-state index contributed by atoms with van der Waals surface area (Å²) in [6, 6.07) is 7.77. The van der Waals surface area contributed by atoms with Crippen molar-refractivity contribution in [2.24, 2.45) is 0 Å². The van der Waals surface area contributed by atoms with Gasteiger partial charge in [-0.2, -0.15) is 0 Å². The number of ether oxygens (including phenoxy) is 1. The summed E-state index contributed by atoms with van der Waals surface area (Å²) < 4.78 is 5.43. The molecule has 0 bridgehead atoms. The van der Waals surface area contributed by atoms with Crippen LogP contribution in [-0.2, 0) is 4.74 Å². The van der Waals surface area contributed by atoms with E-state index in [1.807, 2.05) is 42.3 Å². The highest BCUT2D eigenvalue weighted by atomic mass is 32.2. The van der Waals surface area contributed by atoms with Gasteiger partial charge in [0.1, 0.15) is 0 Å². The van der Waals surface area contributed by atoms with Crippen molar-refractivity contribution >= 4 is 17.7 Å². The summed E-state index contributed by atoms with van der Waals surface area (Å²) in [5, 5.41) is 0.